The summed E-state index contributed by atoms with van der Waals surface area (Å²) in [5.74, 6) is -0.636. The molecule has 0 atom stereocenters. The Morgan fingerprint density at radius 3 is 2.36 bits per heavy atom. The standard InChI is InChI=1S/C26H20ClN3O5S/c1-15-22(25(32)28-20-10-6-7-11-21(20)35-2)26(36-23(15)16-8-4-3-5-9-16)29-24(31)18-14-17(30(33)34)12-13-19(18)27/h3-14H,1-2H3,(H,28,32)(H,29,31). The SMILES string of the molecule is COc1ccccc1NC(=O)c1c(NC(=O)c2cc([N+](=O)[O-])ccc2Cl)sc(-c2ccccc2)c1C. The second-order valence-electron chi connectivity index (χ2n) is 7.66. The Kier molecular flexibility index (Phi) is 7.33. The number of nitrogens with one attached hydrogen (secondary N) is 2. The molecule has 1 aromatic heterocycles. The molecule has 0 spiro atoms. The van der Waals surface area contributed by atoms with Crippen molar-refractivity contribution in [2.45, 2.75) is 6.92 Å². The van der Waals surface area contributed by atoms with Gasteiger partial charge in [-0.15, -0.1) is 11.3 Å². The lowest BCUT2D eigenvalue weighted by molar-refractivity contribution is -0.384. The fourth-order valence-corrected chi connectivity index (χ4v) is 5.05. The van der Waals surface area contributed by atoms with Crippen LogP contribution in [-0.2, 0) is 0 Å². The van der Waals surface area contributed by atoms with Gasteiger partial charge in [0, 0.05) is 17.0 Å². The van der Waals surface area contributed by atoms with E-state index < -0.39 is 16.7 Å². The van der Waals surface area contributed by atoms with Crippen molar-refractivity contribution in [3.63, 3.8) is 0 Å². The lowest BCUT2D eigenvalue weighted by atomic mass is 10.1. The van der Waals surface area contributed by atoms with Gasteiger partial charge in [-0.2, -0.15) is 0 Å². The number of anilines is 2. The maximum atomic E-state index is 13.5. The average Bonchev–Trinajstić information content (AvgIpc) is 3.20. The van der Waals surface area contributed by atoms with E-state index in [4.69, 9.17) is 16.3 Å². The van der Waals surface area contributed by atoms with E-state index in [2.05, 4.69) is 10.6 Å². The van der Waals surface area contributed by atoms with Crippen LogP contribution in [0.25, 0.3) is 10.4 Å². The molecule has 0 saturated carbocycles. The molecule has 182 valence electrons. The molecule has 2 amide bonds. The number of carbonyl (C=O) groups is 2. The minimum Gasteiger partial charge on any atom is -0.495 e. The Hall–Kier alpha value is -4.21. The van der Waals surface area contributed by atoms with Crippen molar-refractivity contribution in [2.24, 2.45) is 0 Å². The van der Waals surface area contributed by atoms with Crippen LogP contribution in [0, 0.1) is 17.0 Å². The Bertz CT molecular complexity index is 1470. The van der Waals surface area contributed by atoms with Crippen molar-refractivity contribution < 1.29 is 19.2 Å². The van der Waals surface area contributed by atoms with Gasteiger partial charge in [0.2, 0.25) is 0 Å². The fraction of sp³-hybridized carbons (Fsp3) is 0.0769. The Morgan fingerprint density at radius 1 is 0.972 bits per heavy atom. The van der Waals surface area contributed by atoms with E-state index in [0.717, 1.165) is 16.5 Å². The zero-order valence-corrected chi connectivity index (χ0v) is 20.8. The van der Waals surface area contributed by atoms with E-state index in [-0.39, 0.29) is 26.8 Å². The molecule has 1 heterocycles. The number of benzene rings is 3. The van der Waals surface area contributed by atoms with E-state index in [0.29, 0.717) is 17.0 Å². The number of hydrogen-bond donors (Lipinski definition) is 2. The number of hydrogen-bond acceptors (Lipinski definition) is 6. The molecule has 10 heteroatoms. The zero-order valence-electron chi connectivity index (χ0n) is 19.2. The van der Waals surface area contributed by atoms with Crippen LogP contribution in [-0.4, -0.2) is 23.8 Å². The zero-order chi connectivity index (χ0) is 25.8. The first-order valence-corrected chi connectivity index (χ1v) is 11.9. The first-order chi connectivity index (χ1) is 17.3. The molecule has 0 radical (unpaired) electrons. The molecule has 3 aromatic carbocycles. The second kappa shape index (κ2) is 10.6. The number of non-ortho nitro benzene ring substituents is 1. The third kappa shape index (κ3) is 5.07. The molecule has 0 saturated heterocycles. The van der Waals surface area contributed by atoms with Crippen molar-refractivity contribution in [3.05, 3.63) is 105 Å². The van der Waals surface area contributed by atoms with Crippen molar-refractivity contribution in [2.75, 3.05) is 17.7 Å². The van der Waals surface area contributed by atoms with Gasteiger partial charge < -0.3 is 15.4 Å². The van der Waals surface area contributed by atoms with Gasteiger partial charge in [-0.05, 0) is 36.2 Å². The highest BCUT2D eigenvalue weighted by molar-refractivity contribution is 7.20. The highest BCUT2D eigenvalue weighted by atomic mass is 35.5. The number of halogens is 1. The molecule has 8 nitrogen and oxygen atoms in total. The van der Waals surface area contributed by atoms with Gasteiger partial charge in [0.05, 0.1) is 33.9 Å². The van der Waals surface area contributed by atoms with Crippen LogP contribution in [0.1, 0.15) is 26.3 Å². The van der Waals surface area contributed by atoms with Crippen molar-refractivity contribution in [1.29, 1.82) is 0 Å². The third-order valence-electron chi connectivity index (χ3n) is 5.40. The first-order valence-electron chi connectivity index (χ1n) is 10.7. The van der Waals surface area contributed by atoms with Gasteiger partial charge in [-0.3, -0.25) is 19.7 Å². The van der Waals surface area contributed by atoms with Crippen molar-refractivity contribution >= 4 is 51.1 Å². The summed E-state index contributed by atoms with van der Waals surface area (Å²) < 4.78 is 5.33. The van der Waals surface area contributed by atoms with Gasteiger partial charge >= 0.3 is 0 Å². The molecule has 0 bridgehead atoms. The molecular formula is C26H20ClN3O5S. The van der Waals surface area contributed by atoms with Crippen molar-refractivity contribution in [1.82, 2.24) is 0 Å². The van der Waals surface area contributed by atoms with Crippen LogP contribution < -0.4 is 15.4 Å². The van der Waals surface area contributed by atoms with E-state index in [1.54, 1.807) is 31.2 Å². The summed E-state index contributed by atoms with van der Waals surface area (Å²) >= 11 is 7.39. The number of amides is 2. The van der Waals surface area contributed by atoms with Gasteiger partial charge in [-0.1, -0.05) is 54.1 Å². The largest absolute Gasteiger partial charge is 0.495 e. The summed E-state index contributed by atoms with van der Waals surface area (Å²) in [5, 5.41) is 17.1. The van der Waals surface area contributed by atoms with Crippen LogP contribution in [0.15, 0.2) is 72.8 Å². The summed E-state index contributed by atoms with van der Waals surface area (Å²) in [5.41, 5.74) is 1.93. The summed E-state index contributed by atoms with van der Waals surface area (Å²) in [7, 11) is 1.50. The molecule has 0 aliphatic carbocycles. The minimum atomic E-state index is -0.670. The molecule has 4 aromatic rings. The predicted molar refractivity (Wildman–Crippen MR) is 141 cm³/mol. The number of ether oxygens (including phenoxy) is 1. The van der Waals surface area contributed by atoms with Crippen LogP contribution in [0.5, 0.6) is 5.75 Å². The number of nitrogens with zero attached hydrogens (tertiary/aromatic N) is 1. The van der Waals surface area contributed by atoms with Crippen LogP contribution in [0.4, 0.5) is 16.4 Å². The van der Waals surface area contributed by atoms with Crippen LogP contribution in [0.3, 0.4) is 0 Å². The first kappa shape index (κ1) is 24.9. The smallest absolute Gasteiger partial charge is 0.270 e. The Balaban J connectivity index is 1.76. The van der Waals surface area contributed by atoms with Gasteiger partial charge in [0.25, 0.3) is 17.5 Å². The van der Waals surface area contributed by atoms with Gasteiger partial charge in [0.15, 0.2) is 0 Å². The molecule has 0 aliphatic rings. The molecular weight excluding hydrogens is 502 g/mol. The van der Waals surface area contributed by atoms with E-state index >= 15 is 0 Å². The van der Waals surface area contributed by atoms with E-state index in [1.807, 2.05) is 30.3 Å². The molecule has 0 unspecified atom stereocenters. The fourth-order valence-electron chi connectivity index (χ4n) is 3.64. The molecule has 2 N–H and O–H groups in total. The third-order valence-corrected chi connectivity index (χ3v) is 6.98. The predicted octanol–water partition coefficient (Wildman–Crippen LogP) is 6.80. The molecule has 0 fully saturated rings. The number of carbonyl (C=O) groups excluding carboxylic acids is 2. The van der Waals surface area contributed by atoms with E-state index in [1.165, 1.54) is 30.6 Å². The highest BCUT2D eigenvalue weighted by Crippen LogP contribution is 2.41. The topological polar surface area (TPSA) is 111 Å². The normalized spacial score (nSPS) is 10.5. The minimum absolute atomic E-state index is 0.0506. The summed E-state index contributed by atoms with van der Waals surface area (Å²) in [6.45, 7) is 1.80. The summed E-state index contributed by atoms with van der Waals surface area (Å²) in [6, 6.07) is 20.0. The molecule has 36 heavy (non-hydrogen) atoms. The monoisotopic (exact) mass is 521 g/mol. The molecule has 4 rings (SSSR count). The number of nitro groups is 1. The highest BCUT2D eigenvalue weighted by Gasteiger charge is 2.25. The number of rotatable bonds is 7. The van der Waals surface area contributed by atoms with Crippen LogP contribution in [0.2, 0.25) is 5.02 Å². The van der Waals surface area contributed by atoms with E-state index in [9.17, 15) is 19.7 Å². The lowest BCUT2D eigenvalue weighted by Gasteiger charge is -2.12. The quantitative estimate of drug-likeness (QED) is 0.205. The number of methoxy groups -OCH3 is 1. The Labute approximate surface area is 215 Å². The summed E-state index contributed by atoms with van der Waals surface area (Å²) in [4.78, 5) is 38.0. The van der Waals surface area contributed by atoms with Gasteiger partial charge in [-0.25, -0.2) is 0 Å². The van der Waals surface area contributed by atoms with Crippen molar-refractivity contribution in [3.8, 4) is 16.2 Å². The number of nitro benzene ring substituents is 1. The van der Waals surface area contributed by atoms with Gasteiger partial charge in [0.1, 0.15) is 10.8 Å². The number of para-hydroxylation sites is 2. The summed E-state index contributed by atoms with van der Waals surface area (Å²) in [6.07, 6.45) is 0. The number of thiophene rings is 1. The second-order valence-corrected chi connectivity index (χ2v) is 9.08. The maximum absolute atomic E-state index is 13.5. The average molecular weight is 522 g/mol. The van der Waals surface area contributed by atoms with Crippen LogP contribution >= 0.6 is 22.9 Å². The lowest BCUT2D eigenvalue weighted by Crippen LogP contribution is -2.18. The maximum Gasteiger partial charge on any atom is 0.270 e. The molecule has 0 aliphatic heterocycles. The Morgan fingerprint density at radius 2 is 1.67 bits per heavy atom.